The van der Waals surface area contributed by atoms with Gasteiger partial charge in [0.2, 0.25) is 0 Å². The fraction of sp³-hybridized carbons (Fsp3) is 0.333. The van der Waals surface area contributed by atoms with Crippen LogP contribution in [0.1, 0.15) is 11.1 Å². The van der Waals surface area contributed by atoms with Crippen LogP contribution in [-0.4, -0.2) is 25.5 Å². The van der Waals surface area contributed by atoms with Gasteiger partial charge in [0.15, 0.2) is 0 Å². The molecule has 1 amide bonds. The Kier molecular flexibility index (Phi) is 4.63. The molecule has 1 N–H and O–H groups in total. The van der Waals surface area contributed by atoms with Gasteiger partial charge in [-0.25, -0.2) is 9.18 Å². The predicted octanol–water partition coefficient (Wildman–Crippen LogP) is 0.966. The molecule has 0 aliphatic heterocycles. The van der Waals surface area contributed by atoms with Crippen LogP contribution >= 0.6 is 0 Å². The van der Waals surface area contributed by atoms with Crippen LogP contribution in [0, 0.1) is 12.7 Å². The van der Waals surface area contributed by atoms with Crippen molar-refractivity contribution in [1.29, 1.82) is 0 Å². The van der Waals surface area contributed by atoms with Crippen LogP contribution in [0.5, 0.6) is 0 Å². The molecule has 0 heterocycles. The van der Waals surface area contributed by atoms with Gasteiger partial charge in [-0.1, -0.05) is 6.07 Å². The molecule has 92 valence electrons. The van der Waals surface area contributed by atoms with E-state index in [0.29, 0.717) is 13.0 Å². The average Bonchev–Trinajstić information content (AvgIpc) is 2.30. The number of carbonyl (C=O) groups excluding carboxylic acids is 2. The highest BCUT2D eigenvalue weighted by Crippen LogP contribution is 2.10. The molecule has 1 rings (SSSR count). The third-order valence-corrected chi connectivity index (χ3v) is 2.36. The van der Waals surface area contributed by atoms with Crippen LogP contribution in [0.4, 0.5) is 4.39 Å². The lowest BCUT2D eigenvalue weighted by Gasteiger charge is -2.06. The van der Waals surface area contributed by atoms with E-state index in [-0.39, 0.29) is 5.82 Å². The lowest BCUT2D eigenvalue weighted by molar-refractivity contribution is -0.152. The largest absolute Gasteiger partial charge is 0.462 e. The summed E-state index contributed by atoms with van der Waals surface area (Å²) in [6.45, 7) is 2.10. The Morgan fingerprint density at radius 1 is 1.41 bits per heavy atom. The number of methoxy groups -OCH3 is 1. The molecule has 0 aliphatic rings. The molecule has 0 fully saturated rings. The molecule has 5 heteroatoms. The lowest BCUT2D eigenvalue weighted by atomic mass is 10.1. The van der Waals surface area contributed by atoms with Crippen molar-refractivity contribution in [2.45, 2.75) is 13.3 Å². The number of hydrogen-bond donors (Lipinski definition) is 1. The molecule has 1 aromatic carbocycles. The van der Waals surface area contributed by atoms with E-state index in [1.54, 1.807) is 13.0 Å². The highest BCUT2D eigenvalue weighted by atomic mass is 19.1. The smallest absolute Gasteiger partial charge is 0.396 e. The number of carbonyl (C=O) groups is 2. The first-order chi connectivity index (χ1) is 8.04. The molecule has 17 heavy (non-hydrogen) atoms. The maximum absolute atomic E-state index is 12.8. The first-order valence-corrected chi connectivity index (χ1v) is 5.15. The Morgan fingerprint density at radius 3 is 2.71 bits per heavy atom. The van der Waals surface area contributed by atoms with E-state index in [1.165, 1.54) is 12.1 Å². The number of rotatable bonds is 3. The topological polar surface area (TPSA) is 55.4 Å². The minimum atomic E-state index is -0.916. The highest BCUT2D eigenvalue weighted by molar-refractivity contribution is 6.32. The van der Waals surface area contributed by atoms with Gasteiger partial charge in [0.1, 0.15) is 5.82 Å². The molecule has 0 radical (unpaired) electrons. The third kappa shape index (κ3) is 3.86. The summed E-state index contributed by atoms with van der Waals surface area (Å²) in [6.07, 6.45) is 0.537. The molecule has 1 aromatic rings. The maximum atomic E-state index is 12.8. The van der Waals surface area contributed by atoms with E-state index in [0.717, 1.165) is 18.2 Å². The second kappa shape index (κ2) is 5.98. The maximum Gasteiger partial charge on any atom is 0.396 e. The third-order valence-electron chi connectivity index (χ3n) is 2.36. The van der Waals surface area contributed by atoms with Crippen LogP contribution in [0.15, 0.2) is 18.2 Å². The number of benzene rings is 1. The van der Waals surface area contributed by atoms with E-state index < -0.39 is 11.9 Å². The van der Waals surface area contributed by atoms with Crippen molar-refractivity contribution in [3.63, 3.8) is 0 Å². The fourth-order valence-corrected chi connectivity index (χ4v) is 1.42. The van der Waals surface area contributed by atoms with Crippen molar-refractivity contribution < 1.29 is 18.7 Å². The first kappa shape index (κ1) is 13.2. The number of hydrogen-bond acceptors (Lipinski definition) is 3. The fourth-order valence-electron chi connectivity index (χ4n) is 1.42. The Morgan fingerprint density at radius 2 is 2.12 bits per heavy atom. The molecule has 0 bridgehead atoms. The Hall–Kier alpha value is -1.91. The number of halogens is 1. The van der Waals surface area contributed by atoms with Gasteiger partial charge in [0.25, 0.3) is 0 Å². The van der Waals surface area contributed by atoms with Gasteiger partial charge in [0, 0.05) is 6.54 Å². The molecule has 0 spiro atoms. The molecular weight excluding hydrogens is 225 g/mol. The van der Waals surface area contributed by atoms with Crippen LogP contribution in [0.3, 0.4) is 0 Å². The van der Waals surface area contributed by atoms with Gasteiger partial charge in [-0.05, 0) is 36.6 Å². The lowest BCUT2D eigenvalue weighted by Crippen LogP contribution is -2.33. The average molecular weight is 239 g/mol. The van der Waals surface area contributed by atoms with E-state index in [4.69, 9.17) is 0 Å². The standard InChI is InChI=1S/C12H14FNO3/c1-8-7-10(13)4-3-9(8)5-6-14-11(15)12(16)17-2/h3-4,7H,5-6H2,1-2H3,(H,14,15). The van der Waals surface area contributed by atoms with Crippen LogP contribution < -0.4 is 5.32 Å². The van der Waals surface area contributed by atoms with Gasteiger partial charge in [-0.3, -0.25) is 4.79 Å². The van der Waals surface area contributed by atoms with Crippen LogP contribution in [-0.2, 0) is 20.7 Å². The summed E-state index contributed by atoms with van der Waals surface area (Å²) in [7, 11) is 1.14. The monoisotopic (exact) mass is 239 g/mol. The van der Waals surface area contributed by atoms with E-state index in [1.807, 2.05) is 0 Å². The van der Waals surface area contributed by atoms with Gasteiger partial charge < -0.3 is 10.1 Å². The normalized spacial score (nSPS) is 9.82. The van der Waals surface area contributed by atoms with Crippen molar-refractivity contribution in [2.24, 2.45) is 0 Å². The number of nitrogens with one attached hydrogen (secondary N) is 1. The number of aryl methyl sites for hydroxylation is 1. The summed E-state index contributed by atoms with van der Waals surface area (Å²) in [5.74, 6) is -1.97. The second-order valence-electron chi connectivity index (χ2n) is 3.57. The van der Waals surface area contributed by atoms with Crippen molar-refractivity contribution in [2.75, 3.05) is 13.7 Å². The zero-order valence-electron chi connectivity index (χ0n) is 9.75. The summed E-state index contributed by atoms with van der Waals surface area (Å²) >= 11 is 0. The van der Waals surface area contributed by atoms with Crippen LogP contribution in [0.2, 0.25) is 0 Å². The minimum absolute atomic E-state index is 0.287. The highest BCUT2D eigenvalue weighted by Gasteiger charge is 2.12. The SMILES string of the molecule is COC(=O)C(=O)NCCc1ccc(F)cc1C. The van der Waals surface area contributed by atoms with Gasteiger partial charge >= 0.3 is 11.9 Å². The molecule has 4 nitrogen and oxygen atoms in total. The molecule has 0 saturated carbocycles. The molecule has 0 aliphatic carbocycles. The Balaban J connectivity index is 2.46. The minimum Gasteiger partial charge on any atom is -0.462 e. The van der Waals surface area contributed by atoms with Gasteiger partial charge in [-0.2, -0.15) is 0 Å². The number of ether oxygens (including phenoxy) is 1. The summed E-state index contributed by atoms with van der Waals surface area (Å²) in [4.78, 5) is 21.8. The summed E-state index contributed by atoms with van der Waals surface area (Å²) in [5.41, 5.74) is 1.74. The van der Waals surface area contributed by atoms with E-state index in [9.17, 15) is 14.0 Å². The second-order valence-corrected chi connectivity index (χ2v) is 3.57. The van der Waals surface area contributed by atoms with Crippen molar-refractivity contribution in [3.8, 4) is 0 Å². The first-order valence-electron chi connectivity index (χ1n) is 5.15. The van der Waals surface area contributed by atoms with E-state index >= 15 is 0 Å². The Bertz CT molecular complexity index is 432. The van der Waals surface area contributed by atoms with Crippen molar-refractivity contribution in [3.05, 3.63) is 35.1 Å². The quantitative estimate of drug-likeness (QED) is 0.631. The van der Waals surface area contributed by atoms with Crippen LogP contribution in [0.25, 0.3) is 0 Å². The molecular formula is C12H14FNO3. The summed E-state index contributed by atoms with van der Waals surface area (Å²) < 4.78 is 17.1. The zero-order valence-corrected chi connectivity index (χ0v) is 9.75. The van der Waals surface area contributed by atoms with Crippen molar-refractivity contribution >= 4 is 11.9 Å². The van der Waals surface area contributed by atoms with E-state index in [2.05, 4.69) is 10.1 Å². The number of amides is 1. The van der Waals surface area contributed by atoms with Gasteiger partial charge in [0.05, 0.1) is 7.11 Å². The number of esters is 1. The molecule has 0 aromatic heterocycles. The molecule has 0 saturated heterocycles. The molecule has 0 unspecified atom stereocenters. The Labute approximate surface area is 98.8 Å². The predicted molar refractivity (Wildman–Crippen MR) is 59.9 cm³/mol. The summed E-state index contributed by atoms with van der Waals surface area (Å²) in [5, 5.41) is 2.42. The summed E-state index contributed by atoms with van der Waals surface area (Å²) in [6, 6.07) is 4.46. The van der Waals surface area contributed by atoms with Gasteiger partial charge in [-0.15, -0.1) is 0 Å². The van der Waals surface area contributed by atoms with Crippen molar-refractivity contribution in [1.82, 2.24) is 5.32 Å². The zero-order chi connectivity index (χ0) is 12.8. The molecule has 0 atom stereocenters.